The summed E-state index contributed by atoms with van der Waals surface area (Å²) in [5.41, 5.74) is 0.480. The van der Waals surface area contributed by atoms with Gasteiger partial charge in [0.1, 0.15) is 0 Å². The molecule has 3 rings (SSSR count). The standard InChI is InChI=1S/C18H13N3O6/c22-18(17-8-3-9-27-17)19(14-5-2-7-16(11-14)21(25)26)12-13-4-1-6-15(10-13)20(23)24/h1-11H,12H2. The van der Waals surface area contributed by atoms with Crippen molar-refractivity contribution in [2.75, 3.05) is 4.90 Å². The number of carbonyl (C=O) groups excluding carboxylic acids is 1. The topological polar surface area (TPSA) is 120 Å². The first-order valence-electron chi connectivity index (χ1n) is 7.79. The molecule has 136 valence electrons. The summed E-state index contributed by atoms with van der Waals surface area (Å²) in [6.07, 6.45) is 1.34. The molecule has 0 N–H and O–H groups in total. The largest absolute Gasteiger partial charge is 0.459 e. The Balaban J connectivity index is 2.01. The second-order valence-electron chi connectivity index (χ2n) is 5.57. The van der Waals surface area contributed by atoms with E-state index in [0.717, 1.165) is 0 Å². The number of anilines is 1. The number of nitrogens with zero attached hydrogens (tertiary/aromatic N) is 3. The number of non-ortho nitro benzene ring substituents is 2. The van der Waals surface area contributed by atoms with Crippen LogP contribution in [-0.2, 0) is 6.54 Å². The van der Waals surface area contributed by atoms with E-state index in [1.165, 1.54) is 53.6 Å². The molecule has 0 aliphatic carbocycles. The number of hydrogen-bond donors (Lipinski definition) is 0. The molecule has 0 bridgehead atoms. The predicted molar refractivity (Wildman–Crippen MR) is 95.4 cm³/mol. The van der Waals surface area contributed by atoms with Crippen molar-refractivity contribution in [3.8, 4) is 0 Å². The third-order valence-corrected chi connectivity index (χ3v) is 3.79. The molecule has 0 atom stereocenters. The molecular weight excluding hydrogens is 354 g/mol. The summed E-state index contributed by atoms with van der Waals surface area (Å²) in [4.78, 5) is 35.1. The van der Waals surface area contributed by atoms with Crippen LogP contribution in [0.15, 0.2) is 71.3 Å². The normalized spacial score (nSPS) is 10.4. The Hall–Kier alpha value is -4.01. The summed E-state index contributed by atoms with van der Waals surface area (Å²) in [6, 6.07) is 14.4. The molecule has 0 saturated carbocycles. The third kappa shape index (κ3) is 3.98. The van der Waals surface area contributed by atoms with E-state index in [-0.39, 0.29) is 29.4 Å². The van der Waals surface area contributed by atoms with Crippen molar-refractivity contribution in [1.29, 1.82) is 0 Å². The molecule has 0 fully saturated rings. The molecule has 0 saturated heterocycles. The van der Waals surface area contributed by atoms with Crippen LogP contribution in [0.3, 0.4) is 0 Å². The predicted octanol–water partition coefficient (Wildman–Crippen LogP) is 3.94. The lowest BCUT2D eigenvalue weighted by Crippen LogP contribution is -2.30. The van der Waals surface area contributed by atoms with Gasteiger partial charge in [-0.1, -0.05) is 18.2 Å². The van der Waals surface area contributed by atoms with E-state index in [9.17, 15) is 25.0 Å². The van der Waals surface area contributed by atoms with Crippen LogP contribution in [0.4, 0.5) is 17.1 Å². The number of nitro benzene ring substituents is 2. The molecule has 2 aromatic carbocycles. The van der Waals surface area contributed by atoms with Crippen molar-refractivity contribution in [2.24, 2.45) is 0 Å². The average Bonchev–Trinajstić information content (AvgIpc) is 3.20. The zero-order valence-corrected chi connectivity index (χ0v) is 13.8. The van der Waals surface area contributed by atoms with Gasteiger partial charge < -0.3 is 9.32 Å². The lowest BCUT2D eigenvalue weighted by atomic mass is 10.1. The van der Waals surface area contributed by atoms with Gasteiger partial charge in [0.2, 0.25) is 0 Å². The SMILES string of the molecule is O=C(c1ccco1)N(Cc1cccc([N+](=O)[O-])c1)c1cccc([N+](=O)[O-])c1. The fourth-order valence-electron chi connectivity index (χ4n) is 2.54. The van der Waals surface area contributed by atoms with E-state index in [4.69, 9.17) is 4.42 Å². The maximum absolute atomic E-state index is 12.8. The van der Waals surface area contributed by atoms with Crippen molar-refractivity contribution >= 4 is 23.0 Å². The zero-order chi connectivity index (χ0) is 19.4. The van der Waals surface area contributed by atoms with Gasteiger partial charge in [0, 0.05) is 24.3 Å². The molecule has 9 heteroatoms. The van der Waals surface area contributed by atoms with E-state index in [0.29, 0.717) is 5.56 Å². The first kappa shape index (κ1) is 17.8. The van der Waals surface area contributed by atoms with Crippen LogP contribution in [0.5, 0.6) is 0 Å². The van der Waals surface area contributed by atoms with Gasteiger partial charge in [-0.2, -0.15) is 0 Å². The molecule has 1 aromatic heterocycles. The minimum absolute atomic E-state index is 0.0254. The molecule has 27 heavy (non-hydrogen) atoms. The molecule has 0 radical (unpaired) electrons. The quantitative estimate of drug-likeness (QED) is 0.481. The van der Waals surface area contributed by atoms with Gasteiger partial charge in [-0.15, -0.1) is 0 Å². The lowest BCUT2D eigenvalue weighted by Gasteiger charge is -2.22. The van der Waals surface area contributed by atoms with E-state index < -0.39 is 15.8 Å². The van der Waals surface area contributed by atoms with Crippen LogP contribution in [0.25, 0.3) is 0 Å². The fourth-order valence-corrected chi connectivity index (χ4v) is 2.54. The van der Waals surface area contributed by atoms with Crippen molar-refractivity contribution in [2.45, 2.75) is 6.54 Å². The Bertz CT molecular complexity index is 1000. The highest BCUT2D eigenvalue weighted by molar-refractivity contribution is 6.04. The van der Waals surface area contributed by atoms with E-state index in [2.05, 4.69) is 0 Å². The average molecular weight is 367 g/mol. The number of furan rings is 1. The third-order valence-electron chi connectivity index (χ3n) is 3.79. The highest BCUT2D eigenvalue weighted by Crippen LogP contribution is 2.25. The van der Waals surface area contributed by atoms with Crippen molar-refractivity contribution in [3.63, 3.8) is 0 Å². The molecule has 3 aromatic rings. The van der Waals surface area contributed by atoms with Gasteiger partial charge >= 0.3 is 0 Å². The molecular formula is C18H13N3O6. The number of nitro groups is 2. The molecule has 0 spiro atoms. The summed E-state index contributed by atoms with van der Waals surface area (Å²) in [5, 5.41) is 22.0. The highest BCUT2D eigenvalue weighted by Gasteiger charge is 2.22. The molecule has 1 heterocycles. The summed E-state index contributed by atoms with van der Waals surface area (Å²) < 4.78 is 5.14. The maximum Gasteiger partial charge on any atom is 0.294 e. The van der Waals surface area contributed by atoms with Crippen LogP contribution >= 0.6 is 0 Å². The van der Waals surface area contributed by atoms with Gasteiger partial charge in [0.15, 0.2) is 5.76 Å². The van der Waals surface area contributed by atoms with E-state index in [1.807, 2.05) is 0 Å². The first-order chi connectivity index (χ1) is 13.0. The zero-order valence-electron chi connectivity index (χ0n) is 13.8. The van der Waals surface area contributed by atoms with Crippen LogP contribution in [-0.4, -0.2) is 15.8 Å². The van der Waals surface area contributed by atoms with Gasteiger partial charge in [0.25, 0.3) is 17.3 Å². The summed E-state index contributed by atoms with van der Waals surface area (Å²) >= 11 is 0. The number of carbonyl (C=O) groups is 1. The van der Waals surface area contributed by atoms with E-state index >= 15 is 0 Å². The molecule has 0 aliphatic rings. The minimum atomic E-state index is -0.563. The Labute approximate surface area is 152 Å². The highest BCUT2D eigenvalue weighted by atomic mass is 16.6. The van der Waals surface area contributed by atoms with Gasteiger partial charge in [-0.05, 0) is 23.8 Å². The number of hydrogen-bond acceptors (Lipinski definition) is 6. The minimum Gasteiger partial charge on any atom is -0.459 e. The number of rotatable bonds is 6. The number of amides is 1. The van der Waals surface area contributed by atoms with Crippen LogP contribution in [0.1, 0.15) is 16.1 Å². The van der Waals surface area contributed by atoms with Crippen LogP contribution in [0, 0.1) is 20.2 Å². The first-order valence-corrected chi connectivity index (χ1v) is 7.79. The Morgan fingerprint density at radius 1 is 0.926 bits per heavy atom. The van der Waals surface area contributed by atoms with E-state index in [1.54, 1.807) is 18.2 Å². The lowest BCUT2D eigenvalue weighted by molar-refractivity contribution is -0.385. The summed E-state index contributed by atoms with van der Waals surface area (Å²) in [5.74, 6) is -0.473. The molecule has 9 nitrogen and oxygen atoms in total. The van der Waals surface area contributed by atoms with Crippen molar-refractivity contribution in [3.05, 3.63) is 98.5 Å². The monoisotopic (exact) mass is 367 g/mol. The smallest absolute Gasteiger partial charge is 0.294 e. The molecule has 0 aliphatic heterocycles. The van der Waals surface area contributed by atoms with Gasteiger partial charge in [-0.3, -0.25) is 25.0 Å². The van der Waals surface area contributed by atoms with Crippen LogP contribution in [0.2, 0.25) is 0 Å². The van der Waals surface area contributed by atoms with Gasteiger partial charge in [-0.25, -0.2) is 0 Å². The maximum atomic E-state index is 12.8. The Kier molecular flexibility index (Phi) is 4.93. The Morgan fingerprint density at radius 3 is 2.22 bits per heavy atom. The molecule has 0 unspecified atom stereocenters. The Morgan fingerprint density at radius 2 is 1.59 bits per heavy atom. The second kappa shape index (κ2) is 7.48. The number of benzene rings is 2. The van der Waals surface area contributed by atoms with Crippen LogP contribution < -0.4 is 4.90 Å². The van der Waals surface area contributed by atoms with Crippen molar-refractivity contribution < 1.29 is 19.1 Å². The summed E-state index contributed by atoms with van der Waals surface area (Å²) in [7, 11) is 0. The second-order valence-corrected chi connectivity index (χ2v) is 5.57. The summed E-state index contributed by atoms with van der Waals surface area (Å²) in [6.45, 7) is -0.0254. The fraction of sp³-hybridized carbons (Fsp3) is 0.0556. The van der Waals surface area contributed by atoms with Gasteiger partial charge in [0.05, 0.1) is 28.3 Å². The molecule has 1 amide bonds. The van der Waals surface area contributed by atoms with Crippen molar-refractivity contribution in [1.82, 2.24) is 0 Å².